The summed E-state index contributed by atoms with van der Waals surface area (Å²) >= 11 is 0. The third-order valence-corrected chi connectivity index (χ3v) is 4.82. The van der Waals surface area contributed by atoms with Gasteiger partial charge < -0.3 is 23.7 Å². The van der Waals surface area contributed by atoms with Crippen LogP contribution in [-0.4, -0.2) is 51.1 Å². The Labute approximate surface area is 133 Å². The highest BCUT2D eigenvalue weighted by Crippen LogP contribution is 2.36. The van der Waals surface area contributed by atoms with Crippen molar-refractivity contribution in [3.8, 4) is 0 Å². The molecule has 1 rings (SSSR count). The normalized spacial score (nSPS) is 35.0. The first-order chi connectivity index (χ1) is 10.2. The Kier molecular flexibility index (Phi) is 6.80. The highest BCUT2D eigenvalue weighted by molar-refractivity contribution is 5.72. The fraction of sp³-hybridized carbons (Fsp3) is 0.938. The Hall–Kier alpha value is -0.690. The maximum absolute atomic E-state index is 12.0. The molecule has 0 aliphatic carbocycles. The van der Waals surface area contributed by atoms with Gasteiger partial charge in [0.25, 0.3) is 0 Å². The average Bonchev–Trinajstić information content (AvgIpc) is 2.54. The largest absolute Gasteiger partial charge is 0.463 e. The summed E-state index contributed by atoms with van der Waals surface area (Å²) in [4.78, 5) is 12.0. The molecule has 5 unspecified atom stereocenters. The molecule has 0 aromatic rings. The number of carbonyl (C=O) groups is 1. The molecule has 0 amide bonds. The zero-order valence-electron chi connectivity index (χ0n) is 14.8. The molecule has 1 fully saturated rings. The number of hydrogen-bond acceptors (Lipinski definition) is 6. The van der Waals surface area contributed by atoms with E-state index in [0.717, 1.165) is 6.42 Å². The van der Waals surface area contributed by atoms with Gasteiger partial charge in [0.2, 0.25) is 11.6 Å². The molecule has 1 aliphatic rings. The van der Waals surface area contributed by atoms with E-state index in [4.69, 9.17) is 23.7 Å². The first-order valence-electron chi connectivity index (χ1n) is 7.81. The van der Waals surface area contributed by atoms with E-state index in [2.05, 4.69) is 6.92 Å². The van der Waals surface area contributed by atoms with Crippen molar-refractivity contribution in [1.29, 1.82) is 0 Å². The molecule has 1 aliphatic heterocycles. The predicted molar refractivity (Wildman–Crippen MR) is 81.2 cm³/mol. The molecular weight excluding hydrogens is 288 g/mol. The molecule has 0 aromatic carbocycles. The van der Waals surface area contributed by atoms with E-state index in [9.17, 15) is 4.79 Å². The van der Waals surface area contributed by atoms with Crippen molar-refractivity contribution < 1.29 is 28.5 Å². The molecule has 0 aromatic heterocycles. The molecule has 5 atom stereocenters. The zero-order valence-corrected chi connectivity index (χ0v) is 14.8. The molecule has 0 radical (unpaired) electrons. The highest BCUT2D eigenvalue weighted by Gasteiger charge is 2.53. The van der Waals surface area contributed by atoms with Crippen LogP contribution in [0, 0.1) is 11.8 Å². The van der Waals surface area contributed by atoms with Crippen molar-refractivity contribution in [1.82, 2.24) is 0 Å². The lowest BCUT2D eigenvalue weighted by molar-refractivity contribution is -0.432. The van der Waals surface area contributed by atoms with Crippen molar-refractivity contribution in [3.05, 3.63) is 0 Å². The van der Waals surface area contributed by atoms with Gasteiger partial charge in [-0.05, 0) is 19.8 Å². The van der Waals surface area contributed by atoms with Gasteiger partial charge in [-0.3, -0.25) is 4.79 Å². The monoisotopic (exact) mass is 318 g/mol. The van der Waals surface area contributed by atoms with E-state index >= 15 is 0 Å². The van der Waals surface area contributed by atoms with Crippen LogP contribution < -0.4 is 0 Å². The van der Waals surface area contributed by atoms with Crippen molar-refractivity contribution in [2.45, 2.75) is 58.7 Å². The van der Waals surface area contributed by atoms with Crippen molar-refractivity contribution in [2.24, 2.45) is 11.8 Å². The van der Waals surface area contributed by atoms with Gasteiger partial charge in [-0.15, -0.1) is 0 Å². The second-order valence-corrected chi connectivity index (χ2v) is 6.15. The van der Waals surface area contributed by atoms with Crippen LogP contribution in [0.5, 0.6) is 0 Å². The van der Waals surface area contributed by atoms with Crippen LogP contribution in [0.3, 0.4) is 0 Å². The lowest BCUT2D eigenvalue weighted by Gasteiger charge is -2.48. The van der Waals surface area contributed by atoms with Crippen LogP contribution in [0.4, 0.5) is 0 Å². The molecule has 0 bridgehead atoms. The Bertz CT molecular complexity index is 374. The van der Waals surface area contributed by atoms with Gasteiger partial charge in [0.1, 0.15) is 12.7 Å². The Morgan fingerprint density at radius 3 is 2.32 bits per heavy atom. The topological polar surface area (TPSA) is 63.2 Å². The second-order valence-electron chi connectivity index (χ2n) is 6.15. The minimum absolute atomic E-state index is 0.132. The first kappa shape index (κ1) is 19.4. The smallest absolute Gasteiger partial charge is 0.309 e. The van der Waals surface area contributed by atoms with Crippen LogP contribution in [0.1, 0.15) is 41.0 Å². The molecule has 1 heterocycles. The standard InChI is InChI=1S/C16H30O6/c1-8-11(2)12(3)14(17)20-9-13-10-21-15(4,18-6)16(5,19-7)22-13/h11-13H,8-10H2,1-7H3. The van der Waals surface area contributed by atoms with E-state index in [1.807, 2.05) is 13.8 Å². The number of rotatable bonds is 7. The van der Waals surface area contributed by atoms with Gasteiger partial charge >= 0.3 is 5.97 Å². The van der Waals surface area contributed by atoms with Gasteiger partial charge in [-0.25, -0.2) is 0 Å². The molecule has 6 nitrogen and oxygen atoms in total. The summed E-state index contributed by atoms with van der Waals surface area (Å²) in [6.45, 7) is 9.89. The molecule has 130 valence electrons. The zero-order chi connectivity index (χ0) is 17.0. The van der Waals surface area contributed by atoms with E-state index in [1.54, 1.807) is 13.8 Å². The highest BCUT2D eigenvalue weighted by atomic mass is 16.8. The Balaban J connectivity index is 2.57. The lowest BCUT2D eigenvalue weighted by Crippen LogP contribution is -2.63. The molecule has 1 saturated heterocycles. The van der Waals surface area contributed by atoms with Crippen molar-refractivity contribution in [3.63, 3.8) is 0 Å². The van der Waals surface area contributed by atoms with Crippen LogP contribution in [0.25, 0.3) is 0 Å². The molecule has 6 heteroatoms. The van der Waals surface area contributed by atoms with Crippen molar-refractivity contribution >= 4 is 5.97 Å². The number of methoxy groups -OCH3 is 2. The number of carbonyl (C=O) groups excluding carboxylic acids is 1. The van der Waals surface area contributed by atoms with Gasteiger partial charge in [-0.2, -0.15) is 0 Å². The SMILES string of the molecule is CCC(C)C(C)C(=O)OCC1COC(C)(OC)C(C)(OC)O1. The molecular formula is C16H30O6. The molecule has 22 heavy (non-hydrogen) atoms. The summed E-state index contributed by atoms with van der Waals surface area (Å²) in [5.74, 6) is -2.13. The minimum atomic E-state index is -1.07. The predicted octanol–water partition coefficient (Wildman–Crippen LogP) is 2.35. The Morgan fingerprint density at radius 1 is 1.23 bits per heavy atom. The Morgan fingerprint density at radius 2 is 1.82 bits per heavy atom. The van der Waals surface area contributed by atoms with E-state index in [1.165, 1.54) is 14.2 Å². The van der Waals surface area contributed by atoms with E-state index < -0.39 is 11.6 Å². The summed E-state index contributed by atoms with van der Waals surface area (Å²) in [7, 11) is 3.06. The molecule has 0 N–H and O–H groups in total. The molecule has 0 spiro atoms. The number of hydrogen-bond donors (Lipinski definition) is 0. The number of esters is 1. The maximum Gasteiger partial charge on any atom is 0.309 e. The van der Waals surface area contributed by atoms with Crippen LogP contribution in [0.15, 0.2) is 0 Å². The minimum Gasteiger partial charge on any atom is -0.463 e. The van der Waals surface area contributed by atoms with Crippen LogP contribution in [-0.2, 0) is 28.5 Å². The van der Waals surface area contributed by atoms with Crippen molar-refractivity contribution in [2.75, 3.05) is 27.4 Å². The van der Waals surface area contributed by atoms with Gasteiger partial charge in [0, 0.05) is 14.2 Å². The van der Waals surface area contributed by atoms with Crippen LogP contribution in [0.2, 0.25) is 0 Å². The average molecular weight is 318 g/mol. The van der Waals surface area contributed by atoms with Gasteiger partial charge in [0.15, 0.2) is 0 Å². The third-order valence-electron chi connectivity index (χ3n) is 4.82. The third kappa shape index (κ3) is 3.98. The summed E-state index contributed by atoms with van der Waals surface area (Å²) in [5.41, 5.74) is 0. The maximum atomic E-state index is 12.0. The fourth-order valence-corrected chi connectivity index (χ4v) is 2.29. The first-order valence-corrected chi connectivity index (χ1v) is 7.81. The summed E-state index contributed by atoms with van der Waals surface area (Å²) < 4.78 is 27.8. The fourth-order valence-electron chi connectivity index (χ4n) is 2.29. The summed E-state index contributed by atoms with van der Waals surface area (Å²) in [5, 5.41) is 0. The summed E-state index contributed by atoms with van der Waals surface area (Å²) in [6, 6.07) is 0. The number of ether oxygens (including phenoxy) is 5. The lowest BCUT2D eigenvalue weighted by atomic mass is 9.94. The summed E-state index contributed by atoms with van der Waals surface area (Å²) in [6.07, 6.45) is 0.550. The molecule has 0 saturated carbocycles. The van der Waals surface area contributed by atoms with Gasteiger partial charge in [0.05, 0.1) is 12.5 Å². The van der Waals surface area contributed by atoms with E-state index in [0.29, 0.717) is 0 Å². The van der Waals surface area contributed by atoms with E-state index in [-0.39, 0.29) is 37.1 Å². The van der Waals surface area contributed by atoms with Gasteiger partial charge in [-0.1, -0.05) is 27.2 Å². The van der Waals surface area contributed by atoms with Crippen LogP contribution >= 0.6 is 0 Å². The second kappa shape index (κ2) is 7.73. The quantitative estimate of drug-likeness (QED) is 0.672.